The van der Waals surface area contributed by atoms with Crippen LogP contribution in [0.2, 0.25) is 0 Å². The Balaban J connectivity index is 2.22. The van der Waals surface area contributed by atoms with Crippen molar-refractivity contribution in [3.05, 3.63) is 40.4 Å². The average Bonchev–Trinajstić information content (AvgIpc) is 2.44. The van der Waals surface area contributed by atoms with Crippen molar-refractivity contribution in [1.82, 2.24) is 9.97 Å². The monoisotopic (exact) mass is 339 g/mol. The lowest BCUT2D eigenvalue weighted by atomic mass is 10.2. The number of anilines is 1. The maximum Gasteiger partial charge on any atom is 0.238 e. The summed E-state index contributed by atoms with van der Waals surface area (Å²) in [5.74, 6) is 1.34. The molecule has 0 unspecified atom stereocenters. The molecule has 0 amide bonds. The second kappa shape index (κ2) is 6.65. The summed E-state index contributed by atoms with van der Waals surface area (Å²) in [5.41, 5.74) is 0.525. The van der Waals surface area contributed by atoms with E-state index in [1.54, 1.807) is 19.1 Å². The summed E-state index contributed by atoms with van der Waals surface area (Å²) in [7, 11) is 0. The van der Waals surface area contributed by atoms with Gasteiger partial charge in [0.05, 0.1) is 0 Å². The largest absolute Gasteiger partial charge is 0.438 e. The molecule has 0 spiro atoms. The highest BCUT2D eigenvalue weighted by atomic mass is 79.9. The lowest BCUT2D eigenvalue weighted by Gasteiger charge is -2.11. The molecule has 0 radical (unpaired) electrons. The van der Waals surface area contributed by atoms with Crippen LogP contribution in [0.25, 0.3) is 0 Å². The van der Waals surface area contributed by atoms with E-state index < -0.39 is 0 Å². The van der Waals surface area contributed by atoms with Crippen molar-refractivity contribution in [3.8, 4) is 11.6 Å². The molecule has 0 aliphatic rings. The first kappa shape index (κ1) is 14.7. The Bertz CT molecular complexity index is 607. The van der Waals surface area contributed by atoms with Crippen LogP contribution in [-0.4, -0.2) is 16.5 Å². The summed E-state index contributed by atoms with van der Waals surface area (Å²) >= 11 is 3.42. The van der Waals surface area contributed by atoms with E-state index in [9.17, 15) is 4.39 Å². The zero-order valence-electron chi connectivity index (χ0n) is 11.3. The summed E-state index contributed by atoms with van der Waals surface area (Å²) in [5, 5.41) is 3.17. The van der Waals surface area contributed by atoms with Crippen LogP contribution in [0.4, 0.5) is 10.2 Å². The second-order valence-electron chi connectivity index (χ2n) is 4.28. The zero-order valence-corrected chi connectivity index (χ0v) is 12.9. The number of ether oxygens (including phenoxy) is 1. The van der Waals surface area contributed by atoms with Gasteiger partial charge in [-0.1, -0.05) is 6.92 Å². The van der Waals surface area contributed by atoms with E-state index in [0.29, 0.717) is 27.5 Å². The Labute approximate surface area is 125 Å². The molecule has 1 N–H and O–H groups in total. The number of halogens is 2. The van der Waals surface area contributed by atoms with E-state index in [-0.39, 0.29) is 5.82 Å². The molecular weight excluding hydrogens is 325 g/mol. The van der Waals surface area contributed by atoms with E-state index in [4.69, 9.17) is 4.74 Å². The molecular formula is C14H15BrFN3O. The van der Waals surface area contributed by atoms with Crippen LogP contribution >= 0.6 is 15.9 Å². The van der Waals surface area contributed by atoms with Crippen LogP contribution in [0.1, 0.15) is 18.9 Å². The number of hydrogen-bond acceptors (Lipinski definition) is 4. The average molecular weight is 340 g/mol. The molecule has 0 saturated heterocycles. The third kappa shape index (κ3) is 3.45. The minimum atomic E-state index is -0.260. The van der Waals surface area contributed by atoms with Gasteiger partial charge in [0.2, 0.25) is 5.88 Å². The van der Waals surface area contributed by atoms with Gasteiger partial charge in [0.1, 0.15) is 28.2 Å². The molecule has 1 aromatic heterocycles. The van der Waals surface area contributed by atoms with Crippen molar-refractivity contribution < 1.29 is 9.13 Å². The Morgan fingerprint density at radius 2 is 2.15 bits per heavy atom. The fourth-order valence-corrected chi connectivity index (χ4v) is 2.01. The second-order valence-corrected chi connectivity index (χ2v) is 5.07. The Morgan fingerprint density at radius 3 is 2.85 bits per heavy atom. The van der Waals surface area contributed by atoms with E-state index in [1.165, 1.54) is 12.4 Å². The highest BCUT2D eigenvalue weighted by molar-refractivity contribution is 9.10. The van der Waals surface area contributed by atoms with Gasteiger partial charge in [-0.3, -0.25) is 0 Å². The molecule has 0 saturated carbocycles. The van der Waals surface area contributed by atoms with E-state index >= 15 is 0 Å². The molecule has 2 aromatic rings. The normalized spacial score (nSPS) is 10.4. The number of benzene rings is 1. The molecule has 0 aliphatic carbocycles. The first-order chi connectivity index (χ1) is 9.61. The van der Waals surface area contributed by atoms with E-state index in [2.05, 4.69) is 38.1 Å². The third-order valence-electron chi connectivity index (χ3n) is 2.64. The first-order valence-electron chi connectivity index (χ1n) is 6.30. The minimum absolute atomic E-state index is 0.260. The topological polar surface area (TPSA) is 47.0 Å². The van der Waals surface area contributed by atoms with Crippen molar-refractivity contribution in [2.75, 3.05) is 11.9 Å². The molecule has 2 rings (SSSR count). The molecule has 0 atom stereocenters. The van der Waals surface area contributed by atoms with Gasteiger partial charge >= 0.3 is 0 Å². The molecule has 106 valence electrons. The number of hydrogen-bond donors (Lipinski definition) is 1. The van der Waals surface area contributed by atoms with Gasteiger partial charge < -0.3 is 10.1 Å². The number of nitrogens with one attached hydrogen (secondary N) is 1. The van der Waals surface area contributed by atoms with Gasteiger partial charge in [-0.2, -0.15) is 0 Å². The fraction of sp³-hybridized carbons (Fsp3) is 0.286. The van der Waals surface area contributed by atoms with Gasteiger partial charge in [0, 0.05) is 6.54 Å². The maximum atomic E-state index is 13.2. The number of aromatic nitrogens is 2. The standard InChI is InChI=1S/C14H15BrFN3O/c1-3-6-17-13-12(15)14(19-8-18-13)20-10-4-5-11(16)9(2)7-10/h4-5,7-8H,3,6H2,1-2H3,(H,17,18,19). The van der Waals surface area contributed by atoms with Gasteiger partial charge in [-0.05, 0) is 53.0 Å². The first-order valence-corrected chi connectivity index (χ1v) is 7.09. The van der Waals surface area contributed by atoms with Gasteiger partial charge in [0.15, 0.2) is 0 Å². The third-order valence-corrected chi connectivity index (χ3v) is 3.36. The van der Waals surface area contributed by atoms with Gasteiger partial charge in [-0.25, -0.2) is 14.4 Å². The number of nitrogens with zero attached hydrogens (tertiary/aromatic N) is 2. The van der Waals surface area contributed by atoms with Gasteiger partial charge in [-0.15, -0.1) is 0 Å². The molecule has 6 heteroatoms. The number of aryl methyl sites for hydroxylation is 1. The molecule has 0 fully saturated rings. The summed E-state index contributed by atoms with van der Waals surface area (Å²) < 4.78 is 19.5. The maximum absolute atomic E-state index is 13.2. The van der Waals surface area contributed by atoms with Crippen molar-refractivity contribution in [3.63, 3.8) is 0 Å². The predicted octanol–water partition coefficient (Wildman–Crippen LogP) is 4.30. The lowest BCUT2D eigenvalue weighted by molar-refractivity contribution is 0.456. The van der Waals surface area contributed by atoms with E-state index in [1.807, 2.05) is 0 Å². The molecule has 1 aromatic carbocycles. The van der Waals surface area contributed by atoms with Crippen LogP contribution in [0, 0.1) is 12.7 Å². The Morgan fingerprint density at radius 1 is 1.35 bits per heavy atom. The molecule has 0 aliphatic heterocycles. The van der Waals surface area contributed by atoms with Crippen molar-refractivity contribution in [1.29, 1.82) is 0 Å². The van der Waals surface area contributed by atoms with Crippen LogP contribution in [-0.2, 0) is 0 Å². The van der Waals surface area contributed by atoms with Crippen LogP contribution in [0.3, 0.4) is 0 Å². The van der Waals surface area contributed by atoms with Crippen molar-refractivity contribution in [2.24, 2.45) is 0 Å². The summed E-state index contributed by atoms with van der Waals surface area (Å²) in [4.78, 5) is 8.22. The molecule has 4 nitrogen and oxygen atoms in total. The quantitative estimate of drug-likeness (QED) is 0.882. The zero-order chi connectivity index (χ0) is 14.5. The Hall–Kier alpha value is -1.69. The van der Waals surface area contributed by atoms with Crippen molar-refractivity contribution in [2.45, 2.75) is 20.3 Å². The highest BCUT2D eigenvalue weighted by Gasteiger charge is 2.11. The minimum Gasteiger partial charge on any atom is -0.438 e. The highest BCUT2D eigenvalue weighted by Crippen LogP contribution is 2.32. The van der Waals surface area contributed by atoms with Crippen LogP contribution in [0.5, 0.6) is 11.6 Å². The fourth-order valence-electron chi connectivity index (χ4n) is 1.58. The summed E-state index contributed by atoms with van der Waals surface area (Å²) in [6.45, 7) is 4.57. The Kier molecular flexibility index (Phi) is 4.89. The summed E-state index contributed by atoms with van der Waals surface area (Å²) in [6.07, 6.45) is 2.41. The SMILES string of the molecule is CCCNc1ncnc(Oc2ccc(F)c(C)c2)c1Br. The van der Waals surface area contributed by atoms with E-state index in [0.717, 1.165) is 13.0 Å². The summed E-state index contributed by atoms with van der Waals surface area (Å²) in [6, 6.07) is 4.56. The van der Waals surface area contributed by atoms with Crippen LogP contribution < -0.4 is 10.1 Å². The van der Waals surface area contributed by atoms with Crippen LogP contribution in [0.15, 0.2) is 29.0 Å². The smallest absolute Gasteiger partial charge is 0.238 e. The molecule has 20 heavy (non-hydrogen) atoms. The van der Waals surface area contributed by atoms with Gasteiger partial charge in [0.25, 0.3) is 0 Å². The lowest BCUT2D eigenvalue weighted by Crippen LogP contribution is -2.04. The molecule has 0 bridgehead atoms. The molecule has 1 heterocycles. The van der Waals surface area contributed by atoms with Crippen molar-refractivity contribution >= 4 is 21.7 Å². The number of rotatable bonds is 5. The predicted molar refractivity (Wildman–Crippen MR) is 79.7 cm³/mol.